The molecule has 43 valence electrons. The van der Waals surface area contributed by atoms with Gasteiger partial charge in [0.1, 0.15) is 0 Å². The maximum absolute atomic E-state index is 7.00. The van der Waals surface area contributed by atoms with Gasteiger partial charge in [0.25, 0.3) is 0 Å². The van der Waals surface area contributed by atoms with E-state index < -0.39 is 10.1 Å². The van der Waals surface area contributed by atoms with Gasteiger partial charge in [0.15, 0.2) is 0 Å². The zero-order valence-electron chi connectivity index (χ0n) is 2.93. The number of aliphatic hydroxyl groups excluding tert-OH is 1. The summed E-state index contributed by atoms with van der Waals surface area (Å²) in [5.41, 5.74) is 0. The van der Waals surface area contributed by atoms with E-state index in [1.165, 1.54) is 0 Å². The van der Waals surface area contributed by atoms with E-state index in [1.54, 1.807) is 0 Å². The quantitative estimate of drug-likeness (QED) is 0.646. The normalized spacial score (nSPS) is 8.50. The number of hydrogen-bond donors (Lipinski definition) is 1. The van der Waals surface area contributed by atoms with Crippen molar-refractivity contribution in [1.82, 2.24) is 0 Å². The SMILES string of the molecule is CO.[Br][Ru]([Br])[Br]. The summed E-state index contributed by atoms with van der Waals surface area (Å²) in [6.45, 7) is 0. The molecule has 0 rings (SSSR count). The van der Waals surface area contributed by atoms with Crippen LogP contribution in [0.3, 0.4) is 0 Å². The van der Waals surface area contributed by atoms with Gasteiger partial charge >= 0.3 is 50.9 Å². The van der Waals surface area contributed by atoms with Crippen LogP contribution in [0.15, 0.2) is 0 Å². The van der Waals surface area contributed by atoms with Crippen molar-refractivity contribution in [1.29, 1.82) is 0 Å². The Morgan fingerprint density at radius 1 is 1.17 bits per heavy atom. The van der Waals surface area contributed by atoms with Crippen molar-refractivity contribution < 1.29 is 15.2 Å². The first kappa shape index (κ1) is 10.9. The van der Waals surface area contributed by atoms with Crippen LogP contribution in [0.5, 0.6) is 0 Å². The Balaban J connectivity index is 0. The second kappa shape index (κ2) is 10.1. The van der Waals surface area contributed by atoms with Crippen molar-refractivity contribution >= 4 is 40.9 Å². The topological polar surface area (TPSA) is 20.2 Å². The third-order valence-corrected chi connectivity index (χ3v) is 0. The minimum absolute atomic E-state index is 0.732. The van der Waals surface area contributed by atoms with E-state index in [0.29, 0.717) is 0 Å². The molecule has 0 aromatic carbocycles. The predicted molar refractivity (Wildman–Crippen MR) is 34.9 cm³/mol. The zero-order valence-corrected chi connectivity index (χ0v) is 9.43. The summed E-state index contributed by atoms with van der Waals surface area (Å²) in [7, 11) is 0.268. The molecule has 5 heteroatoms. The summed E-state index contributed by atoms with van der Waals surface area (Å²) in [6, 6.07) is 0. The molecule has 0 unspecified atom stereocenters. The Hall–Kier alpha value is 2.02. The summed E-state index contributed by atoms with van der Waals surface area (Å²) in [4.78, 5) is 0. The third-order valence-electron chi connectivity index (χ3n) is 0. The third kappa shape index (κ3) is 37.1. The molecule has 0 amide bonds. The van der Waals surface area contributed by atoms with Gasteiger partial charge < -0.3 is 5.11 Å². The fourth-order valence-corrected chi connectivity index (χ4v) is 0. The molecule has 0 aromatic rings. The number of aliphatic hydroxyl groups is 1. The van der Waals surface area contributed by atoms with Gasteiger partial charge in [0, 0.05) is 7.11 Å². The average Bonchev–Trinajstić information content (AvgIpc) is 1.41. The molecule has 0 aromatic heterocycles. The van der Waals surface area contributed by atoms with E-state index in [-0.39, 0.29) is 0 Å². The van der Waals surface area contributed by atoms with E-state index in [2.05, 4.69) is 40.9 Å². The van der Waals surface area contributed by atoms with Crippen LogP contribution >= 0.6 is 40.9 Å². The molecule has 0 saturated heterocycles. The molecule has 0 heterocycles. The van der Waals surface area contributed by atoms with Crippen molar-refractivity contribution in [3.63, 3.8) is 0 Å². The molecular formula is CH4Br3ORu. The van der Waals surface area contributed by atoms with Crippen LogP contribution in [0, 0.1) is 0 Å². The molecule has 0 bridgehead atoms. The molecule has 0 radical (unpaired) electrons. The molecule has 0 aliphatic carbocycles. The van der Waals surface area contributed by atoms with Gasteiger partial charge in [-0.25, -0.2) is 0 Å². The first-order valence-electron chi connectivity index (χ1n) is 0.848. The van der Waals surface area contributed by atoms with Gasteiger partial charge in [0.05, 0.1) is 0 Å². The van der Waals surface area contributed by atoms with E-state index in [9.17, 15) is 0 Å². The van der Waals surface area contributed by atoms with Gasteiger partial charge in [-0.2, -0.15) is 0 Å². The number of halogens is 3. The van der Waals surface area contributed by atoms with Crippen molar-refractivity contribution in [3.05, 3.63) is 0 Å². The van der Waals surface area contributed by atoms with Gasteiger partial charge in [0.2, 0.25) is 0 Å². The second-order valence-electron chi connectivity index (χ2n) is 0.152. The van der Waals surface area contributed by atoms with Gasteiger partial charge in [-0.15, -0.1) is 0 Å². The molecule has 1 nitrogen and oxygen atoms in total. The Labute approximate surface area is 62.5 Å². The van der Waals surface area contributed by atoms with Crippen LogP contribution in [-0.2, 0) is 10.1 Å². The van der Waals surface area contributed by atoms with Crippen LogP contribution in [0.1, 0.15) is 0 Å². The van der Waals surface area contributed by atoms with E-state index in [1.807, 2.05) is 0 Å². The standard InChI is InChI=1S/CH4O.3BrH.Ru/c1-2;;;;/h2H,1H3;3*1H;/q;;;;+3/p-3. The summed E-state index contributed by atoms with van der Waals surface area (Å²) in [5, 5.41) is 7.00. The number of rotatable bonds is 0. The molecule has 0 saturated carbocycles. The van der Waals surface area contributed by atoms with Crippen molar-refractivity contribution in [2.24, 2.45) is 0 Å². The molecule has 0 atom stereocenters. The van der Waals surface area contributed by atoms with Gasteiger partial charge in [-0.3, -0.25) is 0 Å². The monoisotopic (exact) mass is 371 g/mol. The first-order chi connectivity index (χ1) is 2.73. The summed E-state index contributed by atoms with van der Waals surface area (Å²) >= 11 is 9.74. The van der Waals surface area contributed by atoms with Crippen molar-refractivity contribution in [3.8, 4) is 0 Å². The molecule has 0 spiro atoms. The van der Waals surface area contributed by atoms with E-state index in [0.717, 1.165) is 7.11 Å². The zero-order chi connectivity index (χ0) is 5.58. The van der Waals surface area contributed by atoms with Crippen molar-refractivity contribution in [2.45, 2.75) is 0 Å². The van der Waals surface area contributed by atoms with E-state index >= 15 is 0 Å². The molecule has 0 fully saturated rings. The molecule has 0 aliphatic heterocycles. The summed E-state index contributed by atoms with van der Waals surface area (Å²) in [5.74, 6) is 0. The Kier molecular flexibility index (Phi) is 18.4. The first-order valence-corrected chi connectivity index (χ1v) is 12.8. The predicted octanol–water partition coefficient (Wildman–Crippen LogP) is 2.14. The van der Waals surface area contributed by atoms with Crippen LogP contribution < -0.4 is 0 Å². The Morgan fingerprint density at radius 2 is 1.17 bits per heavy atom. The van der Waals surface area contributed by atoms with Crippen LogP contribution in [0.2, 0.25) is 0 Å². The fraction of sp³-hybridized carbons (Fsp3) is 1.00. The molecule has 6 heavy (non-hydrogen) atoms. The molecular weight excluding hydrogens is 369 g/mol. The second-order valence-corrected chi connectivity index (χ2v) is 24.2. The number of hydrogen-bond acceptors (Lipinski definition) is 1. The molecule has 0 aliphatic rings. The summed E-state index contributed by atoms with van der Waals surface area (Å²) < 4.78 is 0. The molecule has 1 N–H and O–H groups in total. The van der Waals surface area contributed by atoms with Gasteiger partial charge in [-0.05, 0) is 0 Å². The van der Waals surface area contributed by atoms with Crippen LogP contribution in [-0.4, -0.2) is 12.2 Å². The van der Waals surface area contributed by atoms with Gasteiger partial charge in [-0.1, -0.05) is 0 Å². The maximum atomic E-state index is 7.00. The Bertz CT molecular complexity index is 15.5. The van der Waals surface area contributed by atoms with Crippen LogP contribution in [0.4, 0.5) is 0 Å². The average molecular weight is 373 g/mol. The van der Waals surface area contributed by atoms with Crippen molar-refractivity contribution in [2.75, 3.05) is 7.11 Å². The Morgan fingerprint density at radius 3 is 1.17 bits per heavy atom. The summed E-state index contributed by atoms with van der Waals surface area (Å²) in [6.07, 6.45) is 0. The fourth-order valence-electron chi connectivity index (χ4n) is 0. The minimum atomic E-state index is -0.732. The van der Waals surface area contributed by atoms with Crippen LogP contribution in [0.25, 0.3) is 0 Å². The van der Waals surface area contributed by atoms with E-state index in [4.69, 9.17) is 5.11 Å².